The summed E-state index contributed by atoms with van der Waals surface area (Å²) >= 11 is 5.39. The van der Waals surface area contributed by atoms with Gasteiger partial charge in [0.15, 0.2) is 0 Å². The van der Waals surface area contributed by atoms with Gasteiger partial charge in [-0.25, -0.2) is 4.39 Å². The predicted molar refractivity (Wildman–Crippen MR) is 50.3 cm³/mol. The first-order valence-electron chi connectivity index (χ1n) is 4.10. The van der Waals surface area contributed by atoms with Crippen LogP contribution in [-0.2, 0) is 4.79 Å². The van der Waals surface area contributed by atoms with Crippen molar-refractivity contribution in [2.24, 2.45) is 0 Å². The largest absolute Gasteiger partial charge is 0.281 e. The lowest BCUT2D eigenvalue weighted by molar-refractivity contribution is -0.113. The van der Waals surface area contributed by atoms with Crippen LogP contribution in [0.25, 0.3) is 0 Å². The minimum Gasteiger partial charge on any atom is -0.281 e. The molecule has 0 aliphatic rings. The molecule has 1 unspecified atom stereocenters. The molecule has 0 bridgehead atoms. The van der Waals surface area contributed by atoms with Crippen molar-refractivity contribution in [2.75, 3.05) is 0 Å². The molecule has 0 amide bonds. The van der Waals surface area contributed by atoms with Crippen molar-refractivity contribution >= 4 is 16.8 Å². The SMILES string of the molecule is CCC(C(=O)Cl)c1ccc(F)cc1. The van der Waals surface area contributed by atoms with Crippen LogP contribution in [0, 0.1) is 5.82 Å². The number of rotatable bonds is 3. The van der Waals surface area contributed by atoms with Gasteiger partial charge in [-0.2, -0.15) is 0 Å². The van der Waals surface area contributed by atoms with Crippen molar-refractivity contribution in [3.8, 4) is 0 Å². The van der Waals surface area contributed by atoms with Gasteiger partial charge in [-0.05, 0) is 35.7 Å². The molecule has 70 valence electrons. The Kier molecular flexibility index (Phi) is 3.43. The van der Waals surface area contributed by atoms with Crippen molar-refractivity contribution in [3.05, 3.63) is 35.6 Å². The molecule has 0 aliphatic carbocycles. The molecule has 1 aromatic rings. The summed E-state index contributed by atoms with van der Waals surface area (Å²) in [7, 11) is 0. The molecular weight excluding hydrogens is 191 g/mol. The Morgan fingerprint density at radius 1 is 1.46 bits per heavy atom. The van der Waals surface area contributed by atoms with Gasteiger partial charge in [-0.1, -0.05) is 19.1 Å². The maximum Gasteiger partial charge on any atom is 0.229 e. The van der Waals surface area contributed by atoms with E-state index in [4.69, 9.17) is 11.6 Å². The fourth-order valence-electron chi connectivity index (χ4n) is 1.22. The molecule has 13 heavy (non-hydrogen) atoms. The molecule has 0 heterocycles. The van der Waals surface area contributed by atoms with Crippen molar-refractivity contribution in [1.29, 1.82) is 0 Å². The molecule has 0 aliphatic heterocycles. The van der Waals surface area contributed by atoms with E-state index in [0.717, 1.165) is 5.56 Å². The zero-order chi connectivity index (χ0) is 9.84. The molecule has 0 aromatic heterocycles. The van der Waals surface area contributed by atoms with Crippen LogP contribution in [0.5, 0.6) is 0 Å². The minimum absolute atomic E-state index is 0.305. The topological polar surface area (TPSA) is 17.1 Å². The van der Waals surface area contributed by atoms with Crippen LogP contribution in [0.4, 0.5) is 4.39 Å². The van der Waals surface area contributed by atoms with E-state index in [9.17, 15) is 9.18 Å². The van der Waals surface area contributed by atoms with Crippen molar-refractivity contribution < 1.29 is 9.18 Å². The summed E-state index contributed by atoms with van der Waals surface area (Å²) in [5.41, 5.74) is 0.768. The summed E-state index contributed by atoms with van der Waals surface area (Å²) in [5, 5.41) is -0.394. The molecule has 0 spiro atoms. The van der Waals surface area contributed by atoms with Gasteiger partial charge < -0.3 is 0 Å². The number of carbonyl (C=O) groups is 1. The van der Waals surface area contributed by atoms with E-state index in [1.807, 2.05) is 6.92 Å². The lowest BCUT2D eigenvalue weighted by atomic mass is 9.98. The highest BCUT2D eigenvalue weighted by molar-refractivity contribution is 6.64. The van der Waals surface area contributed by atoms with Crippen LogP contribution < -0.4 is 0 Å². The third kappa shape index (κ3) is 2.52. The number of hydrogen-bond acceptors (Lipinski definition) is 1. The standard InChI is InChI=1S/C10H10ClFO/c1-2-9(10(11)13)7-3-5-8(12)6-4-7/h3-6,9H,2H2,1H3. The summed E-state index contributed by atoms with van der Waals surface area (Å²) in [4.78, 5) is 10.9. The van der Waals surface area contributed by atoms with Gasteiger partial charge in [0.05, 0.1) is 5.92 Å². The molecule has 1 rings (SSSR count). The van der Waals surface area contributed by atoms with Crippen LogP contribution in [0.15, 0.2) is 24.3 Å². The third-order valence-corrected chi connectivity index (χ3v) is 2.22. The number of carbonyl (C=O) groups excluding carboxylic acids is 1. The monoisotopic (exact) mass is 200 g/mol. The summed E-state index contributed by atoms with van der Waals surface area (Å²) < 4.78 is 12.5. The number of benzene rings is 1. The van der Waals surface area contributed by atoms with Gasteiger partial charge in [0.1, 0.15) is 5.82 Å². The van der Waals surface area contributed by atoms with Gasteiger partial charge in [0.2, 0.25) is 5.24 Å². The Bertz CT molecular complexity index is 294. The fraction of sp³-hybridized carbons (Fsp3) is 0.300. The molecule has 0 radical (unpaired) electrons. The van der Waals surface area contributed by atoms with E-state index < -0.39 is 5.24 Å². The zero-order valence-electron chi connectivity index (χ0n) is 7.26. The molecular formula is C10H10ClFO. The first kappa shape index (κ1) is 10.2. The van der Waals surface area contributed by atoms with Gasteiger partial charge >= 0.3 is 0 Å². The van der Waals surface area contributed by atoms with Crippen LogP contribution in [-0.4, -0.2) is 5.24 Å². The Morgan fingerprint density at radius 3 is 2.38 bits per heavy atom. The molecule has 3 heteroatoms. The van der Waals surface area contributed by atoms with Crippen molar-refractivity contribution in [3.63, 3.8) is 0 Å². The Morgan fingerprint density at radius 2 is 2.00 bits per heavy atom. The highest BCUT2D eigenvalue weighted by Crippen LogP contribution is 2.22. The summed E-state index contributed by atoms with van der Waals surface area (Å²) in [5.74, 6) is -0.622. The average Bonchev–Trinajstić information content (AvgIpc) is 2.09. The van der Waals surface area contributed by atoms with Crippen LogP contribution in [0.3, 0.4) is 0 Å². The highest BCUT2D eigenvalue weighted by atomic mass is 35.5. The van der Waals surface area contributed by atoms with Gasteiger partial charge in [0, 0.05) is 0 Å². The van der Waals surface area contributed by atoms with E-state index in [-0.39, 0.29) is 11.7 Å². The van der Waals surface area contributed by atoms with E-state index in [1.165, 1.54) is 12.1 Å². The maximum absolute atomic E-state index is 12.5. The van der Waals surface area contributed by atoms with Crippen molar-refractivity contribution in [2.45, 2.75) is 19.3 Å². The second-order valence-corrected chi connectivity index (χ2v) is 3.19. The normalized spacial score (nSPS) is 12.5. The van der Waals surface area contributed by atoms with Crippen LogP contribution in [0.2, 0.25) is 0 Å². The zero-order valence-corrected chi connectivity index (χ0v) is 8.01. The second kappa shape index (κ2) is 4.38. The molecule has 1 atom stereocenters. The minimum atomic E-state index is -0.394. The van der Waals surface area contributed by atoms with Crippen LogP contribution in [0.1, 0.15) is 24.8 Å². The Labute approximate surface area is 81.5 Å². The van der Waals surface area contributed by atoms with Gasteiger partial charge in [0.25, 0.3) is 0 Å². The average molecular weight is 201 g/mol. The second-order valence-electron chi connectivity index (χ2n) is 2.82. The van der Waals surface area contributed by atoms with Gasteiger partial charge in [-0.15, -0.1) is 0 Å². The lowest BCUT2D eigenvalue weighted by Crippen LogP contribution is -2.04. The van der Waals surface area contributed by atoms with Crippen LogP contribution >= 0.6 is 11.6 Å². The first-order chi connectivity index (χ1) is 6.15. The van der Waals surface area contributed by atoms with Gasteiger partial charge in [-0.3, -0.25) is 4.79 Å². The van der Waals surface area contributed by atoms with E-state index in [0.29, 0.717) is 6.42 Å². The number of halogens is 2. The molecule has 0 saturated heterocycles. The fourth-order valence-corrected chi connectivity index (χ4v) is 1.50. The summed E-state index contributed by atoms with van der Waals surface area (Å²) in [6.45, 7) is 1.87. The highest BCUT2D eigenvalue weighted by Gasteiger charge is 2.15. The Balaban J connectivity index is 2.92. The van der Waals surface area contributed by atoms with E-state index in [2.05, 4.69) is 0 Å². The predicted octanol–water partition coefficient (Wildman–Crippen LogP) is 3.08. The molecule has 1 nitrogen and oxygen atoms in total. The molecule has 0 N–H and O–H groups in total. The quantitative estimate of drug-likeness (QED) is 0.686. The molecule has 1 aromatic carbocycles. The maximum atomic E-state index is 12.5. The van der Waals surface area contributed by atoms with E-state index >= 15 is 0 Å². The van der Waals surface area contributed by atoms with Crippen molar-refractivity contribution in [1.82, 2.24) is 0 Å². The first-order valence-corrected chi connectivity index (χ1v) is 4.47. The number of hydrogen-bond donors (Lipinski definition) is 0. The third-order valence-electron chi connectivity index (χ3n) is 1.95. The smallest absolute Gasteiger partial charge is 0.229 e. The Hall–Kier alpha value is -0.890. The summed E-state index contributed by atoms with van der Waals surface area (Å²) in [6.07, 6.45) is 0.633. The molecule has 0 fully saturated rings. The molecule has 0 saturated carbocycles. The van der Waals surface area contributed by atoms with E-state index in [1.54, 1.807) is 12.1 Å². The lowest BCUT2D eigenvalue weighted by Gasteiger charge is -2.09. The summed E-state index contributed by atoms with van der Waals surface area (Å²) in [6, 6.07) is 5.84.